The first-order valence-corrected chi connectivity index (χ1v) is 11.8. The Bertz CT molecular complexity index is 760. The molecule has 29 heavy (non-hydrogen) atoms. The molecule has 0 saturated carbocycles. The van der Waals surface area contributed by atoms with E-state index in [1.807, 2.05) is 12.1 Å². The lowest BCUT2D eigenvalue weighted by Crippen LogP contribution is -2.45. The van der Waals surface area contributed by atoms with Gasteiger partial charge in [-0.2, -0.15) is 0 Å². The monoisotopic (exact) mass is 415 g/mol. The first-order chi connectivity index (χ1) is 14.2. The van der Waals surface area contributed by atoms with E-state index in [0.29, 0.717) is 19.5 Å². The Hall–Kier alpha value is -1.76. The molecule has 1 aromatic heterocycles. The molecule has 2 aromatic rings. The van der Waals surface area contributed by atoms with Crippen LogP contribution in [0.2, 0.25) is 0 Å². The average molecular weight is 416 g/mol. The number of nitrogens with zero attached hydrogens (tertiary/aromatic N) is 1. The Kier molecular flexibility index (Phi) is 8.65. The van der Waals surface area contributed by atoms with E-state index in [1.54, 1.807) is 11.3 Å². The number of aromatic nitrogens is 1. The van der Waals surface area contributed by atoms with Gasteiger partial charge in [0.1, 0.15) is 6.04 Å². The molecule has 1 fully saturated rings. The van der Waals surface area contributed by atoms with E-state index in [4.69, 9.17) is 4.98 Å². The largest absolute Gasteiger partial charge is 0.391 e. The number of unbranched alkanes of at least 4 members (excludes halogenated alkanes) is 5. The molecule has 3 rings (SSSR count). The summed E-state index contributed by atoms with van der Waals surface area (Å²) >= 11 is 1.75. The minimum absolute atomic E-state index is 0.141. The van der Waals surface area contributed by atoms with Crippen LogP contribution in [0.3, 0.4) is 0 Å². The molecule has 158 valence electrons. The van der Waals surface area contributed by atoms with Crippen molar-refractivity contribution in [1.29, 1.82) is 0 Å². The highest BCUT2D eigenvalue weighted by Gasteiger charge is 2.30. The lowest BCUT2D eigenvalue weighted by atomic mass is 10.1. The van der Waals surface area contributed by atoms with Crippen molar-refractivity contribution in [3.63, 3.8) is 0 Å². The number of rotatable bonds is 11. The molecule has 1 aliphatic rings. The standard InChI is InChI=1S/C23H33N3O2S/c1-2-3-4-5-6-7-8-21-26-19(16-29-21)18-11-9-17(10-12-18)15-25-23(28)22-20(27)13-14-24-22/h9-12,16,20,22,24,27H,2-8,13-15H2,1H3,(H,25,28)/t20-,22?/m0/s1. The number of aliphatic hydroxyl groups is 1. The van der Waals surface area contributed by atoms with Crippen molar-refractivity contribution in [2.45, 2.75) is 77.0 Å². The maximum absolute atomic E-state index is 12.1. The summed E-state index contributed by atoms with van der Waals surface area (Å²) in [6, 6.07) is 7.69. The molecule has 3 N–H and O–H groups in total. The van der Waals surface area contributed by atoms with Crippen LogP contribution in [-0.4, -0.2) is 34.7 Å². The van der Waals surface area contributed by atoms with Crippen molar-refractivity contribution in [2.24, 2.45) is 0 Å². The Morgan fingerprint density at radius 2 is 1.97 bits per heavy atom. The van der Waals surface area contributed by atoms with E-state index in [0.717, 1.165) is 23.2 Å². The Morgan fingerprint density at radius 1 is 1.21 bits per heavy atom. The molecule has 0 spiro atoms. The molecule has 2 heterocycles. The van der Waals surface area contributed by atoms with Crippen LogP contribution in [0.5, 0.6) is 0 Å². The van der Waals surface area contributed by atoms with Crippen molar-refractivity contribution >= 4 is 17.2 Å². The zero-order valence-corrected chi connectivity index (χ0v) is 18.1. The molecule has 6 heteroatoms. The normalized spacial score (nSPS) is 18.8. The third kappa shape index (κ3) is 6.63. The maximum atomic E-state index is 12.1. The lowest BCUT2D eigenvalue weighted by Gasteiger charge is -2.14. The maximum Gasteiger partial charge on any atom is 0.240 e. The molecular weight excluding hydrogens is 382 g/mol. The number of carbonyl (C=O) groups is 1. The molecule has 2 atom stereocenters. The van der Waals surface area contributed by atoms with Crippen LogP contribution < -0.4 is 10.6 Å². The van der Waals surface area contributed by atoms with Crippen LogP contribution in [0.25, 0.3) is 11.3 Å². The molecule has 1 saturated heterocycles. The summed E-state index contributed by atoms with van der Waals surface area (Å²) in [6.07, 6.45) is 8.95. The van der Waals surface area contributed by atoms with E-state index < -0.39 is 12.1 Å². The van der Waals surface area contributed by atoms with Crippen LogP contribution in [-0.2, 0) is 17.8 Å². The van der Waals surface area contributed by atoms with Gasteiger partial charge in [0.25, 0.3) is 0 Å². The Morgan fingerprint density at radius 3 is 2.69 bits per heavy atom. The summed E-state index contributed by atoms with van der Waals surface area (Å²) in [6.45, 7) is 3.39. The lowest BCUT2D eigenvalue weighted by molar-refractivity contribution is -0.124. The van der Waals surface area contributed by atoms with Gasteiger partial charge in [-0.1, -0.05) is 63.3 Å². The fraction of sp³-hybridized carbons (Fsp3) is 0.565. The molecule has 1 aliphatic heterocycles. The molecule has 0 bridgehead atoms. The Labute approximate surface area is 178 Å². The van der Waals surface area contributed by atoms with Crippen molar-refractivity contribution in [2.75, 3.05) is 6.54 Å². The van der Waals surface area contributed by atoms with Crippen molar-refractivity contribution < 1.29 is 9.90 Å². The summed E-state index contributed by atoms with van der Waals surface area (Å²) in [4.78, 5) is 16.9. The van der Waals surface area contributed by atoms with Gasteiger partial charge >= 0.3 is 0 Å². The predicted molar refractivity (Wildman–Crippen MR) is 119 cm³/mol. The number of nitrogens with one attached hydrogen (secondary N) is 2. The minimum atomic E-state index is -0.590. The number of aryl methyl sites for hydroxylation is 1. The van der Waals surface area contributed by atoms with Crippen LogP contribution in [0.1, 0.15) is 62.4 Å². The number of hydrogen-bond donors (Lipinski definition) is 3. The number of thiazole rings is 1. The van der Waals surface area contributed by atoms with Crippen LogP contribution in [0.15, 0.2) is 29.6 Å². The third-order valence-electron chi connectivity index (χ3n) is 5.48. The van der Waals surface area contributed by atoms with Gasteiger partial charge in [-0.3, -0.25) is 4.79 Å². The van der Waals surface area contributed by atoms with Crippen LogP contribution >= 0.6 is 11.3 Å². The highest BCUT2D eigenvalue weighted by molar-refractivity contribution is 7.09. The molecule has 1 aromatic carbocycles. The van der Waals surface area contributed by atoms with Gasteiger partial charge < -0.3 is 15.7 Å². The number of carbonyl (C=O) groups excluding carboxylic acids is 1. The molecule has 1 unspecified atom stereocenters. The second kappa shape index (κ2) is 11.4. The van der Waals surface area contributed by atoms with Crippen molar-refractivity contribution in [1.82, 2.24) is 15.6 Å². The van der Waals surface area contributed by atoms with Crippen molar-refractivity contribution in [3.8, 4) is 11.3 Å². The van der Waals surface area contributed by atoms with E-state index in [1.165, 1.54) is 43.5 Å². The summed E-state index contributed by atoms with van der Waals surface area (Å²) in [5.74, 6) is -0.141. The van der Waals surface area contributed by atoms with E-state index in [9.17, 15) is 9.90 Å². The van der Waals surface area contributed by atoms with Gasteiger partial charge in [0, 0.05) is 17.5 Å². The van der Waals surface area contributed by atoms with Gasteiger partial charge in [-0.05, 0) is 31.4 Å². The van der Waals surface area contributed by atoms with Gasteiger partial charge in [-0.25, -0.2) is 4.98 Å². The zero-order chi connectivity index (χ0) is 20.5. The molecule has 1 amide bonds. The summed E-state index contributed by atoms with van der Waals surface area (Å²) in [5.41, 5.74) is 3.18. The van der Waals surface area contributed by atoms with E-state index in [-0.39, 0.29) is 5.91 Å². The van der Waals surface area contributed by atoms with Crippen LogP contribution in [0.4, 0.5) is 0 Å². The fourth-order valence-electron chi connectivity index (χ4n) is 3.66. The smallest absolute Gasteiger partial charge is 0.240 e. The van der Waals surface area contributed by atoms with Crippen molar-refractivity contribution in [3.05, 3.63) is 40.2 Å². The number of amides is 1. The number of benzene rings is 1. The fourth-order valence-corrected chi connectivity index (χ4v) is 4.51. The zero-order valence-electron chi connectivity index (χ0n) is 17.3. The second-order valence-corrected chi connectivity index (χ2v) is 8.79. The van der Waals surface area contributed by atoms with E-state index >= 15 is 0 Å². The molecular formula is C23H33N3O2S. The highest BCUT2D eigenvalue weighted by atomic mass is 32.1. The number of aliphatic hydroxyl groups excluding tert-OH is 1. The summed E-state index contributed by atoms with van der Waals surface area (Å²) in [7, 11) is 0. The summed E-state index contributed by atoms with van der Waals surface area (Å²) in [5, 5.41) is 19.1. The van der Waals surface area contributed by atoms with Gasteiger partial charge in [-0.15, -0.1) is 11.3 Å². The summed E-state index contributed by atoms with van der Waals surface area (Å²) < 4.78 is 0. The quantitative estimate of drug-likeness (QED) is 0.484. The van der Waals surface area contributed by atoms with Gasteiger partial charge in [0.2, 0.25) is 5.91 Å². The number of hydrogen-bond acceptors (Lipinski definition) is 5. The van der Waals surface area contributed by atoms with Crippen LogP contribution in [0, 0.1) is 0 Å². The molecule has 0 radical (unpaired) electrons. The predicted octanol–water partition coefficient (Wildman–Crippen LogP) is 4.05. The first-order valence-electron chi connectivity index (χ1n) is 10.9. The Balaban J connectivity index is 1.44. The second-order valence-electron chi connectivity index (χ2n) is 7.85. The third-order valence-corrected chi connectivity index (χ3v) is 6.39. The highest BCUT2D eigenvalue weighted by Crippen LogP contribution is 2.23. The van der Waals surface area contributed by atoms with E-state index in [2.05, 4.69) is 35.1 Å². The molecule has 0 aliphatic carbocycles. The SMILES string of the molecule is CCCCCCCCc1nc(-c2ccc(CNC(=O)C3NCC[C@@H]3O)cc2)cs1. The first kappa shape index (κ1) is 21.9. The van der Waals surface area contributed by atoms with Gasteiger partial charge in [0.05, 0.1) is 16.8 Å². The molecule has 5 nitrogen and oxygen atoms in total. The van der Waals surface area contributed by atoms with Gasteiger partial charge in [0.15, 0.2) is 0 Å². The average Bonchev–Trinajstić information content (AvgIpc) is 3.38. The minimum Gasteiger partial charge on any atom is -0.391 e. The topological polar surface area (TPSA) is 74.2 Å².